The minimum atomic E-state index is -0.641. The number of amides is 1. The normalized spacial score (nSPS) is 33.7. The average Bonchev–Trinajstić information content (AvgIpc) is 3.41. The van der Waals surface area contributed by atoms with Gasteiger partial charge in [-0.1, -0.05) is 44.2 Å². The van der Waals surface area contributed by atoms with Crippen molar-refractivity contribution in [3.8, 4) is 0 Å². The molecule has 8 heteroatoms. The smallest absolute Gasteiger partial charge is 0.328 e. The van der Waals surface area contributed by atoms with Gasteiger partial charge in [0, 0.05) is 58.2 Å². The molecule has 47 heavy (non-hydrogen) atoms. The highest BCUT2D eigenvalue weighted by atomic mass is 16.5. The zero-order valence-corrected chi connectivity index (χ0v) is 29.7. The van der Waals surface area contributed by atoms with E-state index in [-0.39, 0.29) is 11.9 Å². The van der Waals surface area contributed by atoms with Gasteiger partial charge in [0.25, 0.3) is 0 Å². The number of carbonyl (C=O) groups is 2. The molecule has 1 amide bonds. The van der Waals surface area contributed by atoms with Gasteiger partial charge in [-0.15, -0.1) is 0 Å². The van der Waals surface area contributed by atoms with Gasteiger partial charge in [-0.05, 0) is 117 Å². The molecule has 8 nitrogen and oxygen atoms in total. The fourth-order valence-electron chi connectivity index (χ4n) is 10.9. The molecular weight excluding hydrogens is 586 g/mol. The molecule has 0 bridgehead atoms. The third-order valence-corrected chi connectivity index (χ3v) is 13.5. The van der Waals surface area contributed by atoms with E-state index >= 15 is 0 Å². The molecule has 264 valence electrons. The van der Waals surface area contributed by atoms with E-state index in [4.69, 9.17) is 10.5 Å². The summed E-state index contributed by atoms with van der Waals surface area (Å²) >= 11 is 0. The molecule has 1 aromatic rings. The summed E-state index contributed by atoms with van der Waals surface area (Å²) < 4.78 is 5.00. The lowest BCUT2D eigenvalue weighted by Gasteiger charge is -2.61. The molecule has 0 radical (unpaired) electrons. The predicted molar refractivity (Wildman–Crippen MR) is 190 cm³/mol. The first kappa shape index (κ1) is 36.3. The summed E-state index contributed by atoms with van der Waals surface area (Å²) in [6.07, 6.45) is 15.2. The van der Waals surface area contributed by atoms with Gasteiger partial charge in [0.2, 0.25) is 5.91 Å². The van der Waals surface area contributed by atoms with Crippen molar-refractivity contribution < 1.29 is 14.3 Å². The van der Waals surface area contributed by atoms with E-state index in [2.05, 4.69) is 35.1 Å². The predicted octanol–water partition coefficient (Wildman–Crippen LogP) is 4.81. The van der Waals surface area contributed by atoms with Gasteiger partial charge in [-0.25, -0.2) is 4.79 Å². The first-order chi connectivity index (χ1) is 22.8. The van der Waals surface area contributed by atoms with E-state index in [9.17, 15) is 9.59 Å². The topological polar surface area (TPSA) is 118 Å². The highest BCUT2D eigenvalue weighted by Gasteiger charge is 2.59. The largest absolute Gasteiger partial charge is 0.467 e. The van der Waals surface area contributed by atoms with Crippen LogP contribution in [-0.4, -0.2) is 70.3 Å². The van der Waals surface area contributed by atoms with Gasteiger partial charge in [0.05, 0.1) is 7.11 Å². The van der Waals surface area contributed by atoms with Gasteiger partial charge in [0.15, 0.2) is 0 Å². The molecule has 4 aliphatic carbocycles. The van der Waals surface area contributed by atoms with Crippen molar-refractivity contribution in [1.82, 2.24) is 21.3 Å². The van der Waals surface area contributed by atoms with Crippen molar-refractivity contribution in [1.29, 1.82) is 0 Å². The van der Waals surface area contributed by atoms with Crippen LogP contribution in [0.4, 0.5) is 0 Å². The number of esters is 1. The van der Waals surface area contributed by atoms with Crippen LogP contribution in [-0.2, 0) is 20.7 Å². The summed E-state index contributed by atoms with van der Waals surface area (Å²) in [4.78, 5) is 25.4. The van der Waals surface area contributed by atoms with E-state index in [1.807, 2.05) is 30.3 Å². The average molecular weight is 652 g/mol. The number of fused-ring (bicyclic) bond motifs is 5. The van der Waals surface area contributed by atoms with Crippen LogP contribution in [0.3, 0.4) is 0 Å². The number of benzene rings is 1. The van der Waals surface area contributed by atoms with Gasteiger partial charge in [-0.3, -0.25) is 4.79 Å². The number of ether oxygens (including phenoxy) is 1. The summed E-state index contributed by atoms with van der Waals surface area (Å²) in [6.45, 7) is 10.9. The second-order valence-electron chi connectivity index (χ2n) is 15.9. The van der Waals surface area contributed by atoms with Crippen molar-refractivity contribution in [2.75, 3.05) is 46.4 Å². The number of hydrogen-bond acceptors (Lipinski definition) is 7. The number of nitrogens with two attached hydrogens (primary N) is 1. The van der Waals surface area contributed by atoms with Gasteiger partial charge in [0.1, 0.15) is 6.04 Å². The van der Waals surface area contributed by atoms with E-state index in [0.717, 1.165) is 74.8 Å². The van der Waals surface area contributed by atoms with Crippen LogP contribution in [0.5, 0.6) is 0 Å². The molecule has 6 N–H and O–H groups in total. The van der Waals surface area contributed by atoms with Crippen molar-refractivity contribution in [2.45, 2.75) is 109 Å². The number of carbonyl (C=O) groups excluding carboxylic acids is 2. The second-order valence-corrected chi connectivity index (χ2v) is 15.9. The molecule has 8 unspecified atom stereocenters. The fraction of sp³-hybridized carbons (Fsp3) is 0.795. The third kappa shape index (κ3) is 8.78. The lowest BCUT2D eigenvalue weighted by atomic mass is 9.44. The Hall–Kier alpha value is -2.00. The molecule has 5 rings (SSSR count). The van der Waals surface area contributed by atoms with Crippen LogP contribution in [0, 0.1) is 40.4 Å². The van der Waals surface area contributed by atoms with Crippen molar-refractivity contribution in [3.63, 3.8) is 0 Å². The minimum absolute atomic E-state index is 0.0389. The minimum Gasteiger partial charge on any atom is -0.467 e. The molecular formula is C39H65N5O3. The van der Waals surface area contributed by atoms with E-state index in [1.54, 1.807) is 0 Å². The van der Waals surface area contributed by atoms with Crippen molar-refractivity contribution in [2.24, 2.45) is 46.2 Å². The summed E-state index contributed by atoms with van der Waals surface area (Å²) in [5.41, 5.74) is 7.48. The molecule has 4 saturated carbocycles. The maximum Gasteiger partial charge on any atom is 0.328 e. The Morgan fingerprint density at radius 2 is 1.62 bits per heavy atom. The monoisotopic (exact) mass is 652 g/mol. The lowest BCUT2D eigenvalue weighted by molar-refractivity contribution is -0.145. The van der Waals surface area contributed by atoms with E-state index in [1.165, 1.54) is 64.9 Å². The Morgan fingerprint density at radius 1 is 0.894 bits per heavy atom. The highest BCUT2D eigenvalue weighted by Crippen LogP contribution is 2.67. The Bertz CT molecular complexity index is 1130. The van der Waals surface area contributed by atoms with Gasteiger partial charge in [-0.2, -0.15) is 0 Å². The fourth-order valence-corrected chi connectivity index (χ4v) is 10.9. The number of hydrogen-bond donors (Lipinski definition) is 5. The Kier molecular flexibility index (Phi) is 13.2. The van der Waals surface area contributed by atoms with Crippen LogP contribution >= 0.6 is 0 Å². The van der Waals surface area contributed by atoms with Crippen molar-refractivity contribution in [3.05, 3.63) is 35.9 Å². The maximum atomic E-state index is 13.0. The molecule has 1 aromatic carbocycles. The number of nitrogens with one attached hydrogen (secondary N) is 4. The summed E-state index contributed by atoms with van der Waals surface area (Å²) in [5.74, 6) is 3.75. The number of rotatable bonds is 17. The lowest BCUT2D eigenvalue weighted by Crippen LogP contribution is -2.55. The number of methoxy groups -OCH3 is 1. The van der Waals surface area contributed by atoms with Crippen LogP contribution in [0.25, 0.3) is 0 Å². The van der Waals surface area contributed by atoms with Gasteiger partial charge < -0.3 is 31.7 Å². The Morgan fingerprint density at radius 3 is 2.38 bits per heavy atom. The molecule has 4 fully saturated rings. The van der Waals surface area contributed by atoms with Crippen LogP contribution in [0.15, 0.2) is 30.3 Å². The zero-order valence-electron chi connectivity index (χ0n) is 29.7. The Labute approximate surface area is 284 Å². The van der Waals surface area contributed by atoms with E-state index < -0.39 is 6.04 Å². The molecule has 9 atom stereocenters. The first-order valence-corrected chi connectivity index (χ1v) is 19.0. The third-order valence-electron chi connectivity index (χ3n) is 13.5. The Balaban J connectivity index is 1.06. The SMILES string of the molecule is COC(=O)[C@H](Cc1ccccc1)NC(=O)CCCC1CCC2C3CCC4CC(NCCNCCNCCN)CCC4(C)C3CCC12C. The molecule has 0 aliphatic heterocycles. The van der Waals surface area contributed by atoms with Crippen LogP contribution < -0.4 is 27.0 Å². The quantitative estimate of drug-likeness (QED) is 0.121. The second kappa shape index (κ2) is 17.1. The summed E-state index contributed by atoms with van der Waals surface area (Å²) in [7, 11) is 1.39. The van der Waals surface area contributed by atoms with Crippen LogP contribution in [0.2, 0.25) is 0 Å². The van der Waals surface area contributed by atoms with Crippen molar-refractivity contribution >= 4 is 11.9 Å². The molecule has 0 saturated heterocycles. The molecule has 0 spiro atoms. The zero-order chi connectivity index (χ0) is 33.3. The maximum absolute atomic E-state index is 13.0. The van der Waals surface area contributed by atoms with Gasteiger partial charge >= 0.3 is 5.97 Å². The summed E-state index contributed by atoms with van der Waals surface area (Å²) in [5, 5.41) is 13.8. The summed E-state index contributed by atoms with van der Waals surface area (Å²) in [6, 6.07) is 9.86. The molecule has 4 aliphatic rings. The first-order valence-electron chi connectivity index (χ1n) is 19.0. The highest BCUT2D eigenvalue weighted by molar-refractivity contribution is 5.84. The van der Waals surface area contributed by atoms with Crippen LogP contribution in [0.1, 0.15) is 96.5 Å². The van der Waals surface area contributed by atoms with E-state index in [0.29, 0.717) is 42.2 Å². The molecule has 0 aromatic heterocycles. The standard InChI is InChI=1S/C39H65N5O3/c1-38-19-17-34-32(14-12-30-27-31(16-18-39(30,34)2)43-25-24-42-23-22-41-21-20-40)33(38)15-13-29(38)10-7-11-36(45)44-35(37(46)47-3)26-28-8-5-4-6-9-28/h4-6,8-9,29-35,41-43H,7,10-27,40H2,1-3H3,(H,44,45)/t29?,30?,31?,32?,33?,34?,35-,38?,39?/m0/s1. The molecule has 0 heterocycles.